The lowest BCUT2D eigenvalue weighted by atomic mass is 9.78. The van der Waals surface area contributed by atoms with Crippen LogP contribution in [0.3, 0.4) is 0 Å². The van der Waals surface area contributed by atoms with Crippen LogP contribution in [-0.4, -0.2) is 20.5 Å². The number of allylic oxidation sites excluding steroid dienone is 2. The second-order valence-corrected chi connectivity index (χ2v) is 13.1. The largest absolute Gasteiger partial charge is 0.340 e. The van der Waals surface area contributed by atoms with Gasteiger partial charge in [-0.15, -0.1) is 11.8 Å². The van der Waals surface area contributed by atoms with Crippen molar-refractivity contribution in [3.63, 3.8) is 0 Å². The zero-order valence-corrected chi connectivity index (χ0v) is 14.0. The predicted molar refractivity (Wildman–Crippen MR) is 84.4 cm³/mol. The van der Waals surface area contributed by atoms with E-state index in [0.29, 0.717) is 0 Å². The van der Waals surface area contributed by atoms with Gasteiger partial charge in [-0.3, -0.25) is 0 Å². The van der Waals surface area contributed by atoms with Crippen molar-refractivity contribution in [2.24, 2.45) is 17.8 Å². The fourth-order valence-corrected chi connectivity index (χ4v) is 10.4. The summed E-state index contributed by atoms with van der Waals surface area (Å²) < 4.78 is 0. The van der Waals surface area contributed by atoms with Crippen LogP contribution >= 0.6 is 11.8 Å². The Morgan fingerprint density at radius 3 is 2.56 bits per heavy atom. The third-order valence-corrected chi connectivity index (χ3v) is 11.2. The highest BCUT2D eigenvalue weighted by Gasteiger charge is 2.56. The van der Waals surface area contributed by atoms with E-state index in [4.69, 9.17) is 0 Å². The Kier molecular flexibility index (Phi) is 3.44. The minimum absolute atomic E-state index is 0.908. The molecule has 1 N–H and O–H groups in total. The Bertz CT molecular complexity index is 366. The molecular weight excluding hydrogens is 254 g/mol. The molecule has 0 bridgehead atoms. The van der Waals surface area contributed by atoms with Crippen LogP contribution in [0.1, 0.15) is 32.6 Å². The molecule has 2 saturated carbocycles. The first-order valence-corrected chi connectivity index (χ1v) is 11.5. The smallest absolute Gasteiger partial charge is 0.123 e. The molecule has 0 saturated heterocycles. The summed E-state index contributed by atoms with van der Waals surface area (Å²) in [5, 5.41) is 0.909. The number of nitrogens with one attached hydrogen (secondary N) is 1. The number of hydrogen-bond acceptors (Lipinski definition) is 2. The summed E-state index contributed by atoms with van der Waals surface area (Å²) in [6.07, 6.45) is 8.60. The van der Waals surface area contributed by atoms with Gasteiger partial charge in [0.1, 0.15) is 8.24 Å². The zero-order chi connectivity index (χ0) is 12.9. The van der Waals surface area contributed by atoms with Crippen molar-refractivity contribution in [2.75, 3.05) is 7.05 Å². The van der Waals surface area contributed by atoms with Crippen LogP contribution in [-0.2, 0) is 0 Å². The van der Waals surface area contributed by atoms with Crippen molar-refractivity contribution in [2.45, 2.75) is 56.5 Å². The lowest BCUT2D eigenvalue weighted by molar-refractivity contribution is 0.248. The summed E-state index contributed by atoms with van der Waals surface area (Å²) in [4.78, 5) is 5.34. The number of thioether (sulfide) groups is 1. The molecule has 5 unspecified atom stereocenters. The molecule has 2 aliphatic carbocycles. The second kappa shape index (κ2) is 4.67. The first-order chi connectivity index (χ1) is 8.54. The van der Waals surface area contributed by atoms with Gasteiger partial charge >= 0.3 is 0 Å². The highest BCUT2D eigenvalue weighted by molar-refractivity contribution is 8.04. The van der Waals surface area contributed by atoms with E-state index in [1.807, 2.05) is 0 Å². The zero-order valence-electron chi connectivity index (χ0n) is 12.2. The Hall–Kier alpha value is 0.267. The Labute approximate surface area is 117 Å². The van der Waals surface area contributed by atoms with Crippen molar-refractivity contribution in [3.8, 4) is 0 Å². The van der Waals surface area contributed by atoms with E-state index in [2.05, 4.69) is 49.9 Å². The summed E-state index contributed by atoms with van der Waals surface area (Å²) in [6.45, 7) is 7.44. The summed E-state index contributed by atoms with van der Waals surface area (Å²) in [5.74, 6) is 2.95. The van der Waals surface area contributed by atoms with Crippen molar-refractivity contribution in [1.29, 1.82) is 0 Å². The highest BCUT2D eigenvalue weighted by atomic mass is 32.2. The van der Waals surface area contributed by atoms with Crippen LogP contribution in [0, 0.1) is 17.8 Å². The second-order valence-electron chi connectivity index (χ2n) is 7.05. The van der Waals surface area contributed by atoms with Crippen molar-refractivity contribution in [3.05, 3.63) is 11.0 Å². The van der Waals surface area contributed by atoms with E-state index >= 15 is 0 Å². The first kappa shape index (κ1) is 13.3. The lowest BCUT2D eigenvalue weighted by Gasteiger charge is -2.39. The fraction of sp³-hybridized carbons (Fsp3) is 0.867. The summed E-state index contributed by atoms with van der Waals surface area (Å²) in [5.41, 5.74) is 0.983. The van der Waals surface area contributed by atoms with Gasteiger partial charge in [0.05, 0.1) is 0 Å². The fourth-order valence-electron chi connectivity index (χ4n) is 4.85. The molecule has 3 heteroatoms. The molecule has 0 spiro atoms. The number of rotatable bonds is 2. The van der Waals surface area contributed by atoms with Gasteiger partial charge in [0.25, 0.3) is 0 Å². The lowest BCUT2D eigenvalue weighted by Crippen LogP contribution is -2.51. The van der Waals surface area contributed by atoms with E-state index in [9.17, 15) is 0 Å². The summed E-state index contributed by atoms with van der Waals surface area (Å²) >= 11 is 2.21. The normalized spacial score (nSPS) is 43.6. The van der Waals surface area contributed by atoms with Crippen LogP contribution in [0.25, 0.3) is 0 Å². The summed E-state index contributed by atoms with van der Waals surface area (Å²) in [6, 6.07) is 0. The van der Waals surface area contributed by atoms with Gasteiger partial charge in [0.2, 0.25) is 0 Å². The van der Waals surface area contributed by atoms with Crippen molar-refractivity contribution in [1.82, 2.24) is 4.98 Å². The third-order valence-electron chi connectivity index (χ3n) is 5.79. The molecule has 1 nitrogen and oxygen atoms in total. The van der Waals surface area contributed by atoms with Gasteiger partial charge < -0.3 is 4.98 Å². The topological polar surface area (TPSA) is 12.0 Å². The maximum absolute atomic E-state index is 3.75. The SMILES string of the molecule is CN[Si](C)(C)C1C2CCCCC2C2C=C(C)SC21. The van der Waals surface area contributed by atoms with E-state index in [1.54, 1.807) is 4.91 Å². The van der Waals surface area contributed by atoms with Crippen molar-refractivity contribution < 1.29 is 0 Å². The van der Waals surface area contributed by atoms with E-state index < -0.39 is 8.24 Å². The van der Waals surface area contributed by atoms with Crippen LogP contribution in [0.4, 0.5) is 0 Å². The molecule has 0 amide bonds. The highest BCUT2D eigenvalue weighted by Crippen LogP contribution is 2.63. The molecule has 2 fully saturated rings. The molecule has 102 valence electrons. The van der Waals surface area contributed by atoms with Gasteiger partial charge in [0, 0.05) is 5.25 Å². The van der Waals surface area contributed by atoms with Crippen LogP contribution in [0.5, 0.6) is 0 Å². The van der Waals surface area contributed by atoms with Gasteiger partial charge in [0.15, 0.2) is 0 Å². The van der Waals surface area contributed by atoms with Gasteiger partial charge in [-0.1, -0.05) is 38.4 Å². The molecule has 1 heterocycles. The molecule has 0 aromatic heterocycles. The minimum Gasteiger partial charge on any atom is -0.340 e. The predicted octanol–water partition coefficient (Wildman–Crippen LogP) is 4.24. The monoisotopic (exact) mass is 281 g/mol. The molecular formula is C15H27NSSi. The maximum Gasteiger partial charge on any atom is 0.123 e. The molecule has 0 aromatic carbocycles. The molecule has 0 radical (unpaired) electrons. The molecule has 1 aliphatic heterocycles. The third kappa shape index (κ3) is 1.93. The van der Waals surface area contributed by atoms with E-state index in [1.165, 1.54) is 25.7 Å². The Morgan fingerprint density at radius 1 is 1.22 bits per heavy atom. The molecule has 5 atom stereocenters. The Morgan fingerprint density at radius 2 is 1.89 bits per heavy atom. The number of hydrogen-bond donors (Lipinski definition) is 1. The minimum atomic E-state index is -1.27. The van der Waals surface area contributed by atoms with Gasteiger partial charge in [-0.25, -0.2) is 0 Å². The van der Waals surface area contributed by atoms with Crippen LogP contribution in [0.15, 0.2) is 11.0 Å². The van der Waals surface area contributed by atoms with E-state index in [-0.39, 0.29) is 0 Å². The number of fused-ring (bicyclic) bond motifs is 3. The average molecular weight is 282 g/mol. The standard InChI is InChI=1S/C15H27NSSi/c1-10-9-13-11-7-5-6-8-12(11)15(14(13)17-10)18(3,4)16-2/h9,11-16H,5-8H2,1-4H3. The van der Waals surface area contributed by atoms with Gasteiger partial charge in [-0.2, -0.15) is 0 Å². The average Bonchev–Trinajstić information content (AvgIpc) is 2.84. The van der Waals surface area contributed by atoms with Gasteiger partial charge in [-0.05, 0) is 48.6 Å². The van der Waals surface area contributed by atoms with Crippen LogP contribution in [0.2, 0.25) is 18.6 Å². The van der Waals surface area contributed by atoms with Crippen molar-refractivity contribution >= 4 is 20.0 Å². The molecule has 3 aliphatic rings. The molecule has 3 rings (SSSR count). The Balaban J connectivity index is 1.93. The molecule has 0 aromatic rings. The summed E-state index contributed by atoms with van der Waals surface area (Å²) in [7, 11) is 0.934. The quantitative estimate of drug-likeness (QED) is 0.760. The first-order valence-electron chi connectivity index (χ1n) is 7.58. The maximum atomic E-state index is 3.75. The van der Waals surface area contributed by atoms with Crippen LogP contribution < -0.4 is 4.98 Å². The molecule has 18 heavy (non-hydrogen) atoms. The van der Waals surface area contributed by atoms with E-state index in [0.717, 1.165) is 28.5 Å².